The van der Waals surface area contributed by atoms with Crippen molar-refractivity contribution >= 4 is 35.3 Å². The molecule has 0 radical (unpaired) electrons. The molecule has 1 spiro atoms. The lowest BCUT2D eigenvalue weighted by Gasteiger charge is -2.30. The summed E-state index contributed by atoms with van der Waals surface area (Å²) >= 11 is 0. The Hall–Kier alpha value is -3.10. The summed E-state index contributed by atoms with van der Waals surface area (Å²) in [4.78, 5) is 50.6. The number of nitrogens with zero attached hydrogens (tertiary/aromatic N) is 1. The summed E-state index contributed by atoms with van der Waals surface area (Å²) in [7, 11) is 0. The van der Waals surface area contributed by atoms with Crippen LogP contribution < -0.4 is 21.3 Å². The van der Waals surface area contributed by atoms with Crippen molar-refractivity contribution in [1.29, 1.82) is 0 Å². The average molecular weight is 401 g/mol. The van der Waals surface area contributed by atoms with E-state index in [0.717, 1.165) is 24.2 Å². The summed E-state index contributed by atoms with van der Waals surface area (Å²) in [6.07, 6.45) is 4.01. The number of nitrogens with one attached hydrogen (secondary N) is 4. The maximum absolute atomic E-state index is 12.8. The predicted octanol–water partition coefficient (Wildman–Crippen LogP) is 2.41. The number of amides is 6. The molecule has 0 unspecified atom stereocenters. The van der Waals surface area contributed by atoms with E-state index in [-0.39, 0.29) is 18.5 Å². The molecule has 1 aliphatic carbocycles. The Balaban J connectivity index is 1.65. The summed E-state index contributed by atoms with van der Waals surface area (Å²) in [5, 5.41) is 10.8. The van der Waals surface area contributed by atoms with Gasteiger partial charge in [-0.1, -0.05) is 31.4 Å². The van der Waals surface area contributed by atoms with Crippen LogP contribution in [0.5, 0.6) is 0 Å². The van der Waals surface area contributed by atoms with Gasteiger partial charge in [0.15, 0.2) is 0 Å². The maximum Gasteiger partial charge on any atom is 0.325 e. The Labute approximate surface area is 169 Å². The highest BCUT2D eigenvalue weighted by atomic mass is 16.2. The molecular weight excluding hydrogens is 374 g/mol. The second-order valence-electron chi connectivity index (χ2n) is 7.81. The van der Waals surface area contributed by atoms with Crippen LogP contribution in [0.2, 0.25) is 0 Å². The lowest BCUT2D eigenvalue weighted by molar-refractivity contribution is -0.134. The van der Waals surface area contributed by atoms with Gasteiger partial charge >= 0.3 is 12.1 Å². The lowest BCUT2D eigenvalue weighted by atomic mass is 9.82. The van der Waals surface area contributed by atoms with Crippen molar-refractivity contribution in [3.05, 3.63) is 24.3 Å². The molecule has 0 bridgehead atoms. The Bertz CT molecular complexity index is 817. The Morgan fingerprint density at radius 2 is 1.69 bits per heavy atom. The van der Waals surface area contributed by atoms with Crippen LogP contribution in [0.3, 0.4) is 0 Å². The monoisotopic (exact) mass is 401 g/mol. The van der Waals surface area contributed by atoms with E-state index in [2.05, 4.69) is 21.3 Å². The number of carbonyl (C=O) groups excluding carboxylic acids is 4. The Morgan fingerprint density at radius 3 is 2.31 bits per heavy atom. The molecule has 1 aliphatic heterocycles. The number of rotatable bonds is 5. The topological polar surface area (TPSA) is 120 Å². The first-order chi connectivity index (χ1) is 13.8. The van der Waals surface area contributed by atoms with E-state index in [0.29, 0.717) is 24.2 Å². The zero-order valence-corrected chi connectivity index (χ0v) is 16.7. The molecule has 1 aromatic carbocycles. The van der Waals surface area contributed by atoms with Gasteiger partial charge in [-0.15, -0.1) is 0 Å². The second-order valence-corrected chi connectivity index (χ2v) is 7.81. The molecular formula is C20H27N5O4. The summed E-state index contributed by atoms with van der Waals surface area (Å²) in [5.74, 6) is -0.847. The third-order valence-electron chi connectivity index (χ3n) is 5.12. The molecule has 1 saturated heterocycles. The van der Waals surface area contributed by atoms with Crippen LogP contribution in [-0.2, 0) is 9.59 Å². The van der Waals surface area contributed by atoms with Crippen molar-refractivity contribution in [2.75, 3.05) is 17.2 Å². The van der Waals surface area contributed by atoms with Crippen molar-refractivity contribution in [2.24, 2.45) is 0 Å². The minimum absolute atomic E-state index is 0.0384. The molecule has 1 aromatic rings. The quantitative estimate of drug-likeness (QED) is 0.566. The van der Waals surface area contributed by atoms with E-state index in [1.54, 1.807) is 24.3 Å². The van der Waals surface area contributed by atoms with Crippen LogP contribution in [0, 0.1) is 0 Å². The molecule has 9 nitrogen and oxygen atoms in total. The second kappa shape index (κ2) is 8.50. The standard InChI is InChI=1S/C20H27N5O4/c1-13(2)21-18(28)23-15-9-5-4-8-14(15)22-16(26)12-25-17(27)20(24-19(25)29)10-6-3-7-11-20/h4-5,8-9,13H,3,6-7,10-12H2,1-2H3,(H,22,26)(H,24,29)(H2,21,23,28). The van der Waals surface area contributed by atoms with Gasteiger partial charge in [-0.05, 0) is 38.8 Å². The van der Waals surface area contributed by atoms with Crippen LogP contribution in [0.1, 0.15) is 46.0 Å². The van der Waals surface area contributed by atoms with Crippen molar-refractivity contribution in [1.82, 2.24) is 15.5 Å². The van der Waals surface area contributed by atoms with Gasteiger partial charge < -0.3 is 21.3 Å². The number of urea groups is 2. The highest BCUT2D eigenvalue weighted by molar-refractivity contribution is 6.10. The summed E-state index contributed by atoms with van der Waals surface area (Å²) < 4.78 is 0. The van der Waals surface area contributed by atoms with Gasteiger partial charge in [-0.3, -0.25) is 14.5 Å². The largest absolute Gasteiger partial charge is 0.336 e. The summed E-state index contributed by atoms with van der Waals surface area (Å²) in [5.41, 5.74) is -0.0555. The fourth-order valence-electron chi connectivity index (χ4n) is 3.77. The van der Waals surface area contributed by atoms with Gasteiger partial charge in [0, 0.05) is 6.04 Å². The number of imide groups is 1. The maximum atomic E-state index is 12.8. The van der Waals surface area contributed by atoms with E-state index < -0.39 is 23.5 Å². The van der Waals surface area contributed by atoms with E-state index >= 15 is 0 Å². The van der Waals surface area contributed by atoms with E-state index in [4.69, 9.17) is 0 Å². The number of hydrogen-bond donors (Lipinski definition) is 4. The third-order valence-corrected chi connectivity index (χ3v) is 5.12. The van der Waals surface area contributed by atoms with Gasteiger partial charge in [-0.25, -0.2) is 9.59 Å². The number of para-hydroxylation sites is 2. The molecule has 2 aliphatic rings. The zero-order chi connectivity index (χ0) is 21.0. The minimum atomic E-state index is -0.857. The molecule has 3 rings (SSSR count). The van der Waals surface area contributed by atoms with Gasteiger partial charge in [0.25, 0.3) is 5.91 Å². The van der Waals surface area contributed by atoms with Crippen molar-refractivity contribution in [2.45, 2.75) is 57.5 Å². The minimum Gasteiger partial charge on any atom is -0.336 e. The van der Waals surface area contributed by atoms with Gasteiger partial charge in [0.05, 0.1) is 11.4 Å². The fraction of sp³-hybridized carbons (Fsp3) is 0.500. The molecule has 9 heteroatoms. The average Bonchev–Trinajstić information content (AvgIpc) is 2.87. The van der Waals surface area contributed by atoms with Gasteiger partial charge in [0.2, 0.25) is 5.91 Å². The Kier molecular flexibility index (Phi) is 6.05. The van der Waals surface area contributed by atoms with Crippen LogP contribution >= 0.6 is 0 Å². The molecule has 6 amide bonds. The van der Waals surface area contributed by atoms with Gasteiger partial charge in [0.1, 0.15) is 12.1 Å². The first-order valence-corrected chi connectivity index (χ1v) is 9.91. The summed E-state index contributed by atoms with van der Waals surface area (Å²) in [6, 6.07) is 5.77. The molecule has 156 valence electrons. The van der Waals surface area contributed by atoms with E-state index in [9.17, 15) is 19.2 Å². The fourth-order valence-corrected chi connectivity index (χ4v) is 3.77. The van der Waals surface area contributed by atoms with Crippen molar-refractivity contribution in [3.63, 3.8) is 0 Å². The van der Waals surface area contributed by atoms with Crippen LogP contribution in [0.4, 0.5) is 21.0 Å². The van der Waals surface area contributed by atoms with Crippen molar-refractivity contribution in [3.8, 4) is 0 Å². The number of hydrogen-bond acceptors (Lipinski definition) is 4. The lowest BCUT2D eigenvalue weighted by Crippen LogP contribution is -2.48. The molecule has 1 saturated carbocycles. The molecule has 29 heavy (non-hydrogen) atoms. The van der Waals surface area contributed by atoms with Crippen molar-refractivity contribution < 1.29 is 19.2 Å². The third kappa shape index (κ3) is 4.67. The number of anilines is 2. The molecule has 0 atom stereocenters. The van der Waals surface area contributed by atoms with Crippen LogP contribution in [0.25, 0.3) is 0 Å². The van der Waals surface area contributed by atoms with E-state index in [1.807, 2.05) is 13.8 Å². The molecule has 1 heterocycles. The summed E-state index contributed by atoms with van der Waals surface area (Å²) in [6.45, 7) is 3.30. The SMILES string of the molecule is CC(C)NC(=O)Nc1ccccc1NC(=O)CN1C(=O)NC2(CCCCC2)C1=O. The van der Waals surface area contributed by atoms with Crippen LogP contribution in [-0.4, -0.2) is 46.9 Å². The zero-order valence-electron chi connectivity index (χ0n) is 16.7. The molecule has 4 N–H and O–H groups in total. The first kappa shape index (κ1) is 20.6. The highest BCUT2D eigenvalue weighted by Crippen LogP contribution is 2.33. The normalized spacial score (nSPS) is 18.0. The Morgan fingerprint density at radius 1 is 1.07 bits per heavy atom. The number of carbonyl (C=O) groups is 4. The van der Waals surface area contributed by atoms with Crippen LogP contribution in [0.15, 0.2) is 24.3 Å². The van der Waals surface area contributed by atoms with Gasteiger partial charge in [-0.2, -0.15) is 0 Å². The smallest absolute Gasteiger partial charge is 0.325 e. The van der Waals surface area contributed by atoms with E-state index in [1.165, 1.54) is 0 Å². The molecule has 2 fully saturated rings. The predicted molar refractivity (Wildman–Crippen MR) is 108 cm³/mol. The number of benzene rings is 1. The first-order valence-electron chi connectivity index (χ1n) is 9.91. The highest BCUT2D eigenvalue weighted by Gasteiger charge is 2.51. The molecule has 0 aromatic heterocycles.